The van der Waals surface area contributed by atoms with E-state index in [0.29, 0.717) is 0 Å². The van der Waals surface area contributed by atoms with E-state index in [0.717, 1.165) is 4.57 Å². The van der Waals surface area contributed by atoms with E-state index in [9.17, 15) is 18.7 Å². The molecule has 1 fully saturated rings. The predicted octanol–water partition coefficient (Wildman–Crippen LogP) is -0.206. The van der Waals surface area contributed by atoms with Crippen molar-refractivity contribution in [2.45, 2.75) is 38.4 Å². The van der Waals surface area contributed by atoms with Crippen molar-refractivity contribution in [1.29, 1.82) is 0 Å². The van der Waals surface area contributed by atoms with Crippen molar-refractivity contribution in [3.8, 4) is 5.88 Å². The Morgan fingerprint density at radius 3 is 2.90 bits per heavy atom. The highest BCUT2D eigenvalue weighted by Gasteiger charge is 2.35. The number of alkyl halides is 2. The SMILES string of the molecule is Cc1cn([C@H]2C[C@H](O)[C@@H](CO)O2)c(=O)nc1OC(F)F. The van der Waals surface area contributed by atoms with Crippen LogP contribution >= 0.6 is 0 Å². The molecular weight excluding hydrogens is 278 g/mol. The quantitative estimate of drug-likeness (QED) is 0.798. The summed E-state index contributed by atoms with van der Waals surface area (Å²) in [6.07, 6.45) is -1.13. The average Bonchev–Trinajstić information content (AvgIpc) is 2.74. The third-order valence-electron chi connectivity index (χ3n) is 2.98. The van der Waals surface area contributed by atoms with E-state index in [-0.39, 0.29) is 18.6 Å². The molecule has 9 heteroatoms. The number of aliphatic hydroxyl groups is 2. The molecule has 0 spiro atoms. The van der Waals surface area contributed by atoms with E-state index in [2.05, 4.69) is 9.72 Å². The molecule has 0 aliphatic carbocycles. The first-order valence-electron chi connectivity index (χ1n) is 5.91. The molecule has 112 valence electrons. The van der Waals surface area contributed by atoms with Crippen LogP contribution in [-0.4, -0.2) is 45.2 Å². The largest absolute Gasteiger partial charge is 0.416 e. The van der Waals surface area contributed by atoms with Crippen molar-refractivity contribution < 1.29 is 28.5 Å². The van der Waals surface area contributed by atoms with Gasteiger partial charge >= 0.3 is 12.3 Å². The fourth-order valence-electron chi connectivity index (χ4n) is 2.01. The lowest BCUT2D eigenvalue weighted by Crippen LogP contribution is -2.28. The maximum atomic E-state index is 12.1. The van der Waals surface area contributed by atoms with Gasteiger partial charge in [-0.2, -0.15) is 13.8 Å². The Labute approximate surface area is 112 Å². The first kappa shape index (κ1) is 14.8. The number of rotatable bonds is 4. The third kappa shape index (κ3) is 2.94. The van der Waals surface area contributed by atoms with E-state index in [4.69, 9.17) is 9.84 Å². The monoisotopic (exact) mass is 292 g/mol. The summed E-state index contributed by atoms with van der Waals surface area (Å²) in [5.41, 5.74) is -0.600. The lowest BCUT2D eigenvalue weighted by molar-refractivity contribution is -0.0556. The van der Waals surface area contributed by atoms with Crippen molar-refractivity contribution in [2.75, 3.05) is 6.61 Å². The molecule has 0 amide bonds. The predicted molar refractivity (Wildman–Crippen MR) is 61.5 cm³/mol. The van der Waals surface area contributed by atoms with Crippen molar-refractivity contribution in [3.63, 3.8) is 0 Å². The van der Waals surface area contributed by atoms with Gasteiger partial charge in [0.05, 0.1) is 12.7 Å². The Hall–Kier alpha value is -1.58. The summed E-state index contributed by atoms with van der Waals surface area (Å²) >= 11 is 0. The van der Waals surface area contributed by atoms with Crippen molar-refractivity contribution in [1.82, 2.24) is 9.55 Å². The zero-order valence-corrected chi connectivity index (χ0v) is 10.6. The van der Waals surface area contributed by atoms with Crippen LogP contribution in [0.3, 0.4) is 0 Å². The van der Waals surface area contributed by atoms with Gasteiger partial charge < -0.3 is 19.7 Å². The number of hydrogen-bond donors (Lipinski definition) is 2. The minimum absolute atomic E-state index is 0.0985. The van der Waals surface area contributed by atoms with Gasteiger partial charge in [0.2, 0.25) is 5.88 Å². The number of aromatic nitrogens is 2. The standard InChI is InChI=1S/C11H14F2N2O5/c1-5-3-15(8-2-6(17)7(4-16)19-8)11(18)14-9(5)20-10(12)13/h3,6-8,10,16-17H,2,4H2,1H3/t6-,7+,8+/m0/s1. The maximum absolute atomic E-state index is 12.1. The third-order valence-corrected chi connectivity index (χ3v) is 2.98. The molecule has 0 unspecified atom stereocenters. The highest BCUT2D eigenvalue weighted by Crippen LogP contribution is 2.28. The lowest BCUT2D eigenvalue weighted by Gasteiger charge is -2.16. The molecule has 1 aliphatic rings. The Balaban J connectivity index is 2.26. The van der Waals surface area contributed by atoms with Crippen LogP contribution in [0.5, 0.6) is 5.88 Å². The molecule has 0 bridgehead atoms. The molecule has 1 aliphatic heterocycles. The summed E-state index contributed by atoms with van der Waals surface area (Å²) < 4.78 is 34.7. The fraction of sp³-hybridized carbons (Fsp3) is 0.636. The van der Waals surface area contributed by atoms with Gasteiger partial charge in [0.15, 0.2) is 0 Å². The molecule has 0 aromatic carbocycles. The topological polar surface area (TPSA) is 93.8 Å². The second-order valence-electron chi connectivity index (χ2n) is 4.41. The zero-order valence-electron chi connectivity index (χ0n) is 10.6. The van der Waals surface area contributed by atoms with Gasteiger partial charge in [0.25, 0.3) is 0 Å². The smallest absolute Gasteiger partial charge is 0.388 e. The van der Waals surface area contributed by atoms with Gasteiger partial charge in [0, 0.05) is 18.2 Å². The molecule has 2 N–H and O–H groups in total. The minimum Gasteiger partial charge on any atom is -0.416 e. The van der Waals surface area contributed by atoms with Gasteiger partial charge in [-0.15, -0.1) is 0 Å². The van der Waals surface area contributed by atoms with Crippen LogP contribution in [0, 0.1) is 6.92 Å². The lowest BCUT2D eigenvalue weighted by atomic mass is 10.2. The molecule has 1 aromatic heterocycles. The van der Waals surface area contributed by atoms with Crippen LogP contribution in [0.15, 0.2) is 11.0 Å². The zero-order chi connectivity index (χ0) is 14.9. The number of aliphatic hydroxyl groups excluding tert-OH is 2. The Morgan fingerprint density at radius 2 is 2.35 bits per heavy atom. The molecule has 0 saturated carbocycles. The number of hydrogen-bond acceptors (Lipinski definition) is 6. The molecule has 7 nitrogen and oxygen atoms in total. The van der Waals surface area contributed by atoms with E-state index < -0.39 is 36.6 Å². The van der Waals surface area contributed by atoms with E-state index in [1.54, 1.807) is 0 Å². The summed E-state index contributed by atoms with van der Waals surface area (Å²) in [7, 11) is 0. The molecular formula is C11H14F2N2O5. The summed E-state index contributed by atoms with van der Waals surface area (Å²) in [6, 6.07) is 0. The summed E-state index contributed by atoms with van der Waals surface area (Å²) in [4.78, 5) is 15.2. The summed E-state index contributed by atoms with van der Waals surface area (Å²) in [5, 5.41) is 18.6. The number of nitrogens with zero attached hydrogens (tertiary/aromatic N) is 2. The molecule has 0 radical (unpaired) electrons. The summed E-state index contributed by atoms with van der Waals surface area (Å²) in [5.74, 6) is -0.446. The molecule has 1 saturated heterocycles. The van der Waals surface area contributed by atoms with Crippen molar-refractivity contribution >= 4 is 0 Å². The van der Waals surface area contributed by atoms with Crippen LogP contribution in [0.1, 0.15) is 18.2 Å². The molecule has 20 heavy (non-hydrogen) atoms. The number of halogens is 2. The minimum atomic E-state index is -3.07. The maximum Gasteiger partial charge on any atom is 0.388 e. The normalized spacial score (nSPS) is 26.2. The van der Waals surface area contributed by atoms with Crippen LogP contribution < -0.4 is 10.4 Å². The van der Waals surface area contributed by atoms with E-state index in [1.165, 1.54) is 13.1 Å². The molecule has 1 aromatic rings. The number of ether oxygens (including phenoxy) is 2. The Morgan fingerprint density at radius 1 is 1.65 bits per heavy atom. The van der Waals surface area contributed by atoms with Crippen LogP contribution in [0.2, 0.25) is 0 Å². The highest BCUT2D eigenvalue weighted by atomic mass is 19.3. The van der Waals surface area contributed by atoms with Gasteiger partial charge in [-0.3, -0.25) is 4.57 Å². The van der Waals surface area contributed by atoms with Gasteiger partial charge in [-0.25, -0.2) is 4.79 Å². The molecule has 3 atom stereocenters. The van der Waals surface area contributed by atoms with Gasteiger partial charge in [-0.1, -0.05) is 0 Å². The average molecular weight is 292 g/mol. The first-order valence-corrected chi connectivity index (χ1v) is 5.91. The molecule has 2 rings (SSSR count). The van der Waals surface area contributed by atoms with Crippen LogP contribution in [0.4, 0.5) is 8.78 Å². The van der Waals surface area contributed by atoms with Crippen molar-refractivity contribution in [3.05, 3.63) is 22.2 Å². The Kier molecular flexibility index (Phi) is 4.31. The highest BCUT2D eigenvalue weighted by molar-refractivity contribution is 5.20. The van der Waals surface area contributed by atoms with Gasteiger partial charge in [-0.05, 0) is 6.92 Å². The van der Waals surface area contributed by atoms with Gasteiger partial charge in [0.1, 0.15) is 12.3 Å². The molecule has 2 heterocycles. The summed E-state index contributed by atoms with van der Waals surface area (Å²) in [6.45, 7) is -2.00. The second-order valence-corrected chi connectivity index (χ2v) is 4.41. The van der Waals surface area contributed by atoms with E-state index >= 15 is 0 Å². The fourth-order valence-corrected chi connectivity index (χ4v) is 2.01. The van der Waals surface area contributed by atoms with Crippen molar-refractivity contribution in [2.24, 2.45) is 0 Å². The Bertz CT molecular complexity index is 536. The second kappa shape index (κ2) is 5.81. The first-order chi connectivity index (χ1) is 9.42. The number of aryl methyl sites for hydroxylation is 1. The van der Waals surface area contributed by atoms with Crippen LogP contribution in [-0.2, 0) is 4.74 Å². The van der Waals surface area contributed by atoms with Crippen LogP contribution in [0.25, 0.3) is 0 Å². The van der Waals surface area contributed by atoms with E-state index in [1.807, 2.05) is 0 Å².